The highest BCUT2D eigenvalue weighted by Crippen LogP contribution is 1.86. The lowest BCUT2D eigenvalue weighted by atomic mass is 10.4. The van der Waals surface area contributed by atoms with E-state index in [1.54, 1.807) is 0 Å². The van der Waals surface area contributed by atoms with Gasteiger partial charge in [0, 0.05) is 13.1 Å². The monoisotopic (exact) mass is 232 g/mol. The fourth-order valence-corrected chi connectivity index (χ4v) is 0.843. The second-order valence-corrected chi connectivity index (χ2v) is 2.81. The van der Waals surface area contributed by atoms with Gasteiger partial charge >= 0.3 is 11.9 Å². The first-order valence-corrected chi connectivity index (χ1v) is 4.81. The van der Waals surface area contributed by atoms with Crippen LogP contribution < -0.4 is 11.0 Å². The fraction of sp³-hybridized carbons (Fsp3) is 0.556. The number of carbonyl (C=O) groups excluding carboxylic acids is 2. The summed E-state index contributed by atoms with van der Waals surface area (Å²) in [6.45, 7) is 4.36. The van der Waals surface area contributed by atoms with Crippen molar-refractivity contribution in [2.75, 3.05) is 19.7 Å². The zero-order valence-electron chi connectivity index (χ0n) is 8.94. The first kappa shape index (κ1) is 14.6. The van der Waals surface area contributed by atoms with Crippen LogP contribution in [0.1, 0.15) is 12.8 Å². The van der Waals surface area contributed by atoms with Crippen LogP contribution in [0.25, 0.3) is 0 Å². The van der Waals surface area contributed by atoms with Gasteiger partial charge in [0.25, 0.3) is 0 Å². The van der Waals surface area contributed by atoms with E-state index in [2.05, 4.69) is 16.7 Å². The Morgan fingerprint density at radius 3 is 2.50 bits per heavy atom. The van der Waals surface area contributed by atoms with Crippen LogP contribution in [0.5, 0.6) is 0 Å². The van der Waals surface area contributed by atoms with Gasteiger partial charge < -0.3 is 15.3 Å². The topological polar surface area (TPSA) is 104 Å². The summed E-state index contributed by atoms with van der Waals surface area (Å²) in [5, 5.41) is 12.6. The number of esters is 1. The fourth-order valence-electron chi connectivity index (χ4n) is 0.843. The molecule has 0 radical (unpaired) electrons. The van der Waals surface area contributed by atoms with Gasteiger partial charge in [-0.2, -0.15) is 5.64 Å². The van der Waals surface area contributed by atoms with Crippen molar-refractivity contribution in [2.45, 2.75) is 12.8 Å². The maximum Gasteiger partial charge on any atom is 0.368 e. The summed E-state index contributed by atoms with van der Waals surface area (Å²) in [7, 11) is 0. The molecule has 0 saturated carbocycles. The summed E-state index contributed by atoms with van der Waals surface area (Å²) in [4.78, 5) is 25.7. The Kier molecular flexibility index (Phi) is 9.18. The summed E-state index contributed by atoms with van der Waals surface area (Å²) < 4.78 is 4.72. The van der Waals surface area contributed by atoms with Crippen LogP contribution in [-0.4, -0.2) is 31.6 Å². The number of hydrogen-bond acceptors (Lipinski definition) is 6. The first-order chi connectivity index (χ1) is 7.70. The number of nitrogens with two attached hydrogens (primary N) is 1. The van der Waals surface area contributed by atoms with E-state index in [0.717, 1.165) is 0 Å². The minimum absolute atomic E-state index is 0.0838. The lowest BCUT2D eigenvalue weighted by Crippen LogP contribution is -2.77. The molecule has 0 aromatic carbocycles. The molecule has 0 amide bonds. The van der Waals surface area contributed by atoms with Crippen molar-refractivity contribution in [3.05, 3.63) is 17.9 Å². The number of quaternary nitrogens is 1. The molecule has 0 heterocycles. The molecule has 16 heavy (non-hydrogen) atoms. The third-order valence-electron chi connectivity index (χ3n) is 1.55. The third-order valence-corrected chi connectivity index (χ3v) is 1.55. The molecule has 0 atom stereocenters. The van der Waals surface area contributed by atoms with Crippen LogP contribution in [0.4, 0.5) is 0 Å². The molecule has 92 valence electrons. The van der Waals surface area contributed by atoms with E-state index in [1.165, 1.54) is 6.08 Å². The number of hydrogen-bond donors (Lipinski definition) is 2. The summed E-state index contributed by atoms with van der Waals surface area (Å²) in [6, 6.07) is 0. The highest BCUT2D eigenvalue weighted by Gasteiger charge is 2.04. The molecule has 0 aliphatic rings. The summed E-state index contributed by atoms with van der Waals surface area (Å²) in [5.41, 5.74) is 0.0922. The predicted octanol–water partition coefficient (Wildman–Crippen LogP) is -1.40. The van der Waals surface area contributed by atoms with Crippen LogP contribution in [0.15, 0.2) is 12.7 Å². The van der Waals surface area contributed by atoms with Crippen molar-refractivity contribution in [1.82, 2.24) is 5.32 Å². The van der Waals surface area contributed by atoms with Crippen LogP contribution in [0.3, 0.4) is 0 Å². The minimum Gasteiger partial charge on any atom is -0.592 e. The lowest BCUT2D eigenvalue weighted by molar-refractivity contribution is -0.825. The van der Waals surface area contributed by atoms with Crippen LogP contribution in [-0.2, 0) is 19.2 Å². The van der Waals surface area contributed by atoms with Crippen molar-refractivity contribution in [2.24, 2.45) is 0 Å². The van der Waals surface area contributed by atoms with Gasteiger partial charge in [-0.15, -0.1) is 0 Å². The molecule has 0 aromatic rings. The molecule has 0 unspecified atom stereocenters. The van der Waals surface area contributed by atoms with Crippen LogP contribution >= 0.6 is 0 Å². The molecule has 0 aliphatic carbocycles. The summed E-state index contributed by atoms with van der Waals surface area (Å²) in [5.74, 6) is -0.931. The first-order valence-electron chi connectivity index (χ1n) is 4.81. The van der Waals surface area contributed by atoms with Gasteiger partial charge in [-0.1, -0.05) is 12.7 Å². The Bertz CT molecular complexity index is 232. The Morgan fingerprint density at radius 1 is 1.31 bits per heavy atom. The average molecular weight is 232 g/mol. The lowest BCUT2D eigenvalue weighted by Gasteiger charge is -2.04. The van der Waals surface area contributed by atoms with Gasteiger partial charge in [0.1, 0.15) is 6.61 Å². The molecular weight excluding hydrogens is 216 g/mol. The standard InChI is InChI=1S/C9H16N2O5/c1-2-7-15-8(12)3-5-10-6-4-9(13)16-11-14/h2,10H,1,3-7,11H2. The second-order valence-electron chi connectivity index (χ2n) is 2.81. The van der Waals surface area contributed by atoms with Crippen LogP contribution in [0, 0.1) is 5.21 Å². The van der Waals surface area contributed by atoms with Crippen molar-refractivity contribution >= 4 is 11.9 Å². The number of carbonyl (C=O) groups is 2. The van der Waals surface area contributed by atoms with Gasteiger partial charge in [-0.25, -0.2) is 4.79 Å². The van der Waals surface area contributed by atoms with E-state index in [9.17, 15) is 14.8 Å². The van der Waals surface area contributed by atoms with E-state index < -0.39 is 5.97 Å². The predicted molar refractivity (Wildman–Crippen MR) is 54.6 cm³/mol. The highest BCUT2D eigenvalue weighted by molar-refractivity contribution is 5.70. The van der Waals surface area contributed by atoms with E-state index >= 15 is 0 Å². The van der Waals surface area contributed by atoms with E-state index in [-0.39, 0.29) is 31.1 Å². The van der Waals surface area contributed by atoms with E-state index in [1.807, 2.05) is 0 Å². The molecule has 0 rings (SSSR count). The minimum atomic E-state index is -0.600. The largest absolute Gasteiger partial charge is 0.592 e. The average Bonchev–Trinajstić information content (AvgIpc) is 2.26. The number of nitrogens with one attached hydrogen (secondary N) is 1. The SMILES string of the molecule is C=CCOC(=O)CCNCCC(=O)O[NH2+][O-]. The summed E-state index contributed by atoms with van der Waals surface area (Å²) >= 11 is 0. The number of ether oxygens (including phenoxy) is 1. The Balaban J connectivity index is 3.29. The van der Waals surface area contributed by atoms with Gasteiger partial charge in [0.15, 0.2) is 0 Å². The van der Waals surface area contributed by atoms with Gasteiger partial charge in [0.05, 0.1) is 12.8 Å². The maximum absolute atomic E-state index is 11.0. The Morgan fingerprint density at radius 2 is 1.94 bits per heavy atom. The molecule has 0 saturated heterocycles. The quantitative estimate of drug-likeness (QED) is 0.219. The summed E-state index contributed by atoms with van der Waals surface area (Å²) in [6.07, 6.45) is 1.79. The second kappa shape index (κ2) is 10.1. The molecule has 3 N–H and O–H groups in total. The molecule has 0 aliphatic heterocycles. The Hall–Kier alpha value is -1.44. The molecule has 0 fully saturated rings. The zero-order chi connectivity index (χ0) is 12.2. The van der Waals surface area contributed by atoms with Crippen LogP contribution in [0.2, 0.25) is 0 Å². The third kappa shape index (κ3) is 9.13. The molecule has 0 aromatic heterocycles. The molecule has 0 spiro atoms. The zero-order valence-corrected chi connectivity index (χ0v) is 8.94. The number of rotatable bonds is 9. The molecular formula is C9H16N2O5. The van der Waals surface area contributed by atoms with Gasteiger partial charge in [-0.05, 0) is 0 Å². The van der Waals surface area contributed by atoms with Crippen molar-refractivity contribution < 1.29 is 24.8 Å². The molecule has 7 nitrogen and oxygen atoms in total. The molecule has 7 heteroatoms. The van der Waals surface area contributed by atoms with Crippen molar-refractivity contribution in [3.63, 3.8) is 0 Å². The Labute approximate surface area is 93.3 Å². The van der Waals surface area contributed by atoms with Crippen molar-refractivity contribution in [1.29, 1.82) is 0 Å². The van der Waals surface area contributed by atoms with E-state index in [0.29, 0.717) is 13.1 Å². The van der Waals surface area contributed by atoms with Gasteiger partial charge in [0.2, 0.25) is 0 Å². The van der Waals surface area contributed by atoms with E-state index in [4.69, 9.17) is 4.74 Å². The molecule has 0 bridgehead atoms. The normalized spacial score (nSPS) is 9.56. The van der Waals surface area contributed by atoms with Gasteiger partial charge in [-0.3, -0.25) is 9.63 Å². The highest BCUT2D eigenvalue weighted by atomic mass is 16.8. The smallest absolute Gasteiger partial charge is 0.368 e. The maximum atomic E-state index is 11.0. The van der Waals surface area contributed by atoms with Crippen molar-refractivity contribution in [3.8, 4) is 0 Å².